The van der Waals surface area contributed by atoms with Crippen molar-refractivity contribution < 1.29 is 19.1 Å². The lowest BCUT2D eigenvalue weighted by Gasteiger charge is -2.14. The molecule has 166 valence electrons. The molecular formula is C23H21ClN2O4S2. The molecule has 0 atom stereocenters. The number of fused-ring (bicyclic) bond motifs is 1. The second kappa shape index (κ2) is 10.4. The summed E-state index contributed by atoms with van der Waals surface area (Å²) in [5.41, 5.74) is 1.59. The van der Waals surface area contributed by atoms with E-state index in [1.165, 1.54) is 11.8 Å². The van der Waals surface area contributed by atoms with Crippen molar-refractivity contribution >= 4 is 63.5 Å². The predicted octanol–water partition coefficient (Wildman–Crippen LogP) is 5.47. The number of nitrogens with one attached hydrogen (secondary N) is 1. The van der Waals surface area contributed by atoms with Crippen LogP contribution in [-0.2, 0) is 9.59 Å². The summed E-state index contributed by atoms with van der Waals surface area (Å²) < 4.78 is 11.1. The first-order valence-corrected chi connectivity index (χ1v) is 11.8. The Morgan fingerprint density at radius 2 is 1.91 bits per heavy atom. The number of hydrogen-bond acceptors (Lipinski definition) is 6. The topological polar surface area (TPSA) is 67.9 Å². The number of unbranched alkanes of at least 4 members (excludes halogenated alkanes) is 2. The van der Waals surface area contributed by atoms with E-state index in [1.807, 2.05) is 18.2 Å². The van der Waals surface area contributed by atoms with Crippen LogP contribution in [0.15, 0.2) is 47.4 Å². The van der Waals surface area contributed by atoms with Gasteiger partial charge in [-0.1, -0.05) is 54.1 Å². The van der Waals surface area contributed by atoms with Gasteiger partial charge in [0.15, 0.2) is 11.5 Å². The summed E-state index contributed by atoms with van der Waals surface area (Å²) in [6.07, 6.45) is 4.56. The minimum atomic E-state index is -0.0736. The lowest BCUT2D eigenvalue weighted by Crippen LogP contribution is -2.29. The van der Waals surface area contributed by atoms with Crippen LogP contribution in [0.25, 0.3) is 6.08 Å². The Kier molecular flexibility index (Phi) is 7.34. The Morgan fingerprint density at radius 3 is 2.72 bits per heavy atom. The van der Waals surface area contributed by atoms with Crippen LogP contribution in [0.4, 0.5) is 5.69 Å². The molecule has 2 heterocycles. The van der Waals surface area contributed by atoms with Gasteiger partial charge in [0.05, 0.1) is 4.91 Å². The van der Waals surface area contributed by atoms with Gasteiger partial charge in [0, 0.05) is 29.7 Å². The second-order valence-electron chi connectivity index (χ2n) is 7.31. The van der Waals surface area contributed by atoms with Crippen LogP contribution in [-0.4, -0.2) is 34.4 Å². The molecule has 4 rings (SSSR count). The number of thiocarbonyl (C=S) groups is 1. The summed E-state index contributed by atoms with van der Waals surface area (Å²) in [6, 6.07) is 12.6. The van der Waals surface area contributed by atoms with Crippen LogP contribution in [0.2, 0.25) is 5.02 Å². The highest BCUT2D eigenvalue weighted by Crippen LogP contribution is 2.34. The minimum absolute atomic E-state index is 0.0552. The SMILES string of the molecule is O=C(CCCCCN1C(=O)C(=Cc2ccc(Cl)cc2)SC1=S)Nc1ccc2c(c1)OCO2. The zero-order valence-electron chi connectivity index (χ0n) is 17.1. The molecule has 1 fully saturated rings. The molecule has 0 unspecified atom stereocenters. The van der Waals surface area contributed by atoms with E-state index < -0.39 is 0 Å². The molecule has 0 aliphatic carbocycles. The van der Waals surface area contributed by atoms with Gasteiger partial charge in [0.1, 0.15) is 4.32 Å². The van der Waals surface area contributed by atoms with Gasteiger partial charge in [-0.2, -0.15) is 0 Å². The van der Waals surface area contributed by atoms with Crippen molar-refractivity contribution in [2.24, 2.45) is 0 Å². The summed E-state index contributed by atoms with van der Waals surface area (Å²) in [5.74, 6) is 1.19. The Labute approximate surface area is 200 Å². The molecule has 0 bridgehead atoms. The highest BCUT2D eigenvalue weighted by atomic mass is 35.5. The molecular weight excluding hydrogens is 468 g/mol. The maximum Gasteiger partial charge on any atom is 0.266 e. The van der Waals surface area contributed by atoms with Crippen molar-refractivity contribution in [3.63, 3.8) is 0 Å². The molecule has 2 aromatic carbocycles. The number of nitrogens with zero attached hydrogens (tertiary/aromatic N) is 1. The second-order valence-corrected chi connectivity index (χ2v) is 9.42. The van der Waals surface area contributed by atoms with Crippen molar-refractivity contribution in [1.29, 1.82) is 0 Å². The van der Waals surface area contributed by atoms with Gasteiger partial charge < -0.3 is 14.8 Å². The van der Waals surface area contributed by atoms with E-state index in [0.717, 1.165) is 24.8 Å². The average Bonchev–Trinajstić information content (AvgIpc) is 3.34. The average molecular weight is 489 g/mol. The molecule has 0 aromatic heterocycles. The number of thioether (sulfide) groups is 1. The number of rotatable bonds is 8. The van der Waals surface area contributed by atoms with Crippen LogP contribution >= 0.6 is 35.6 Å². The zero-order valence-corrected chi connectivity index (χ0v) is 19.5. The van der Waals surface area contributed by atoms with Gasteiger partial charge in [-0.3, -0.25) is 14.5 Å². The molecule has 1 N–H and O–H groups in total. The summed E-state index contributed by atoms with van der Waals surface area (Å²) >= 11 is 12.6. The first-order valence-electron chi connectivity index (χ1n) is 10.2. The van der Waals surface area contributed by atoms with Crippen molar-refractivity contribution in [3.8, 4) is 11.5 Å². The van der Waals surface area contributed by atoms with E-state index >= 15 is 0 Å². The maximum atomic E-state index is 12.7. The van der Waals surface area contributed by atoms with Crippen LogP contribution < -0.4 is 14.8 Å². The monoisotopic (exact) mass is 488 g/mol. The molecule has 1 saturated heterocycles. The smallest absolute Gasteiger partial charge is 0.266 e. The molecule has 2 aliphatic rings. The highest BCUT2D eigenvalue weighted by molar-refractivity contribution is 8.26. The van der Waals surface area contributed by atoms with Crippen LogP contribution in [0.1, 0.15) is 31.2 Å². The molecule has 2 aromatic rings. The number of amides is 2. The fraction of sp³-hybridized carbons (Fsp3) is 0.261. The molecule has 6 nitrogen and oxygen atoms in total. The summed E-state index contributed by atoms with van der Waals surface area (Å²) in [4.78, 5) is 27.1. The van der Waals surface area contributed by atoms with Crippen LogP contribution in [0.3, 0.4) is 0 Å². The Balaban J connectivity index is 1.19. The molecule has 2 aliphatic heterocycles. The maximum absolute atomic E-state index is 12.7. The first-order chi connectivity index (χ1) is 15.5. The van der Waals surface area contributed by atoms with Crippen molar-refractivity contribution in [1.82, 2.24) is 4.90 Å². The molecule has 0 radical (unpaired) electrons. The lowest BCUT2D eigenvalue weighted by atomic mass is 10.1. The molecule has 0 saturated carbocycles. The number of benzene rings is 2. The van der Waals surface area contributed by atoms with Crippen molar-refractivity contribution in [2.45, 2.75) is 25.7 Å². The fourth-order valence-corrected chi connectivity index (χ4v) is 4.77. The highest BCUT2D eigenvalue weighted by Gasteiger charge is 2.31. The lowest BCUT2D eigenvalue weighted by molar-refractivity contribution is -0.122. The van der Waals surface area contributed by atoms with Crippen molar-refractivity contribution in [2.75, 3.05) is 18.7 Å². The number of ether oxygens (including phenoxy) is 2. The normalized spacial score (nSPS) is 16.2. The predicted molar refractivity (Wildman–Crippen MR) is 131 cm³/mol. The third-order valence-corrected chi connectivity index (χ3v) is 6.61. The quantitative estimate of drug-likeness (QED) is 0.302. The molecule has 0 spiro atoms. The van der Waals surface area contributed by atoms with Crippen molar-refractivity contribution in [3.05, 3.63) is 58.0 Å². The largest absolute Gasteiger partial charge is 0.454 e. The fourth-order valence-electron chi connectivity index (χ4n) is 3.33. The van der Waals surface area contributed by atoms with E-state index in [0.29, 0.717) is 44.4 Å². The number of anilines is 1. The minimum Gasteiger partial charge on any atom is -0.454 e. The Bertz CT molecular complexity index is 1070. The van der Waals surface area contributed by atoms with E-state index in [1.54, 1.807) is 35.2 Å². The van der Waals surface area contributed by atoms with Crippen LogP contribution in [0, 0.1) is 0 Å². The van der Waals surface area contributed by atoms with E-state index in [-0.39, 0.29) is 18.6 Å². The van der Waals surface area contributed by atoms with Gasteiger partial charge in [0.25, 0.3) is 5.91 Å². The summed E-state index contributed by atoms with van der Waals surface area (Å²) in [7, 11) is 0. The van der Waals surface area contributed by atoms with E-state index in [2.05, 4.69) is 5.32 Å². The zero-order chi connectivity index (χ0) is 22.5. The van der Waals surface area contributed by atoms with E-state index in [9.17, 15) is 9.59 Å². The van der Waals surface area contributed by atoms with Gasteiger partial charge in [-0.25, -0.2) is 0 Å². The van der Waals surface area contributed by atoms with Gasteiger partial charge in [0.2, 0.25) is 12.7 Å². The number of carbonyl (C=O) groups excluding carboxylic acids is 2. The Morgan fingerprint density at radius 1 is 1.12 bits per heavy atom. The van der Waals surface area contributed by atoms with Crippen LogP contribution in [0.5, 0.6) is 11.5 Å². The molecule has 9 heteroatoms. The Hall–Kier alpha value is -2.55. The number of hydrogen-bond donors (Lipinski definition) is 1. The number of carbonyl (C=O) groups is 2. The third-order valence-electron chi connectivity index (χ3n) is 4.98. The summed E-state index contributed by atoms with van der Waals surface area (Å²) in [5, 5.41) is 3.52. The standard InChI is InChI=1S/C23H21ClN2O4S2/c24-16-7-5-15(6-8-16)12-20-22(28)26(23(31)32-20)11-3-1-2-4-21(27)25-17-9-10-18-19(13-17)30-14-29-18/h5-10,12-13H,1-4,11,14H2,(H,25,27). The van der Waals surface area contributed by atoms with E-state index in [4.69, 9.17) is 33.3 Å². The first kappa shape index (κ1) is 22.6. The third kappa shape index (κ3) is 5.62. The van der Waals surface area contributed by atoms with Gasteiger partial charge in [-0.05, 0) is 48.7 Å². The van der Waals surface area contributed by atoms with Gasteiger partial charge in [-0.15, -0.1) is 0 Å². The van der Waals surface area contributed by atoms with Gasteiger partial charge >= 0.3 is 0 Å². The molecule has 2 amide bonds. The summed E-state index contributed by atoms with van der Waals surface area (Å²) in [6.45, 7) is 0.749. The number of halogens is 1. The molecule has 32 heavy (non-hydrogen) atoms.